The Morgan fingerprint density at radius 3 is 2.91 bits per heavy atom. The molecule has 3 rings (SSSR count). The van der Waals surface area contributed by atoms with E-state index in [-0.39, 0.29) is 17.0 Å². The normalized spacial score (nSPS) is 18.0. The third kappa shape index (κ3) is 3.21. The SMILES string of the molecule is O=C(c1csc([N+](=O)[O-])c1)N1CCNCC1c1ccccc1Cl. The lowest BCUT2D eigenvalue weighted by atomic mass is 10.0. The first-order chi connectivity index (χ1) is 11.1. The van der Waals surface area contributed by atoms with Crippen molar-refractivity contribution in [3.05, 3.63) is 62.0 Å². The van der Waals surface area contributed by atoms with Gasteiger partial charge in [0.05, 0.1) is 16.5 Å². The van der Waals surface area contributed by atoms with Crippen LogP contribution in [0.4, 0.5) is 5.00 Å². The first-order valence-electron chi connectivity index (χ1n) is 7.07. The van der Waals surface area contributed by atoms with Gasteiger partial charge in [-0.1, -0.05) is 41.1 Å². The molecule has 120 valence electrons. The molecule has 8 heteroatoms. The van der Waals surface area contributed by atoms with Gasteiger partial charge in [0.25, 0.3) is 5.91 Å². The van der Waals surface area contributed by atoms with E-state index in [1.807, 2.05) is 18.2 Å². The molecule has 0 spiro atoms. The maximum Gasteiger partial charge on any atom is 0.324 e. The Balaban J connectivity index is 1.90. The van der Waals surface area contributed by atoms with Crippen molar-refractivity contribution in [2.45, 2.75) is 6.04 Å². The zero-order valence-corrected chi connectivity index (χ0v) is 13.6. The summed E-state index contributed by atoms with van der Waals surface area (Å²) in [4.78, 5) is 24.8. The van der Waals surface area contributed by atoms with Gasteiger partial charge in [0.2, 0.25) is 0 Å². The smallest absolute Gasteiger partial charge is 0.324 e. The van der Waals surface area contributed by atoms with Crippen LogP contribution >= 0.6 is 22.9 Å². The Morgan fingerprint density at radius 1 is 1.43 bits per heavy atom. The second-order valence-electron chi connectivity index (χ2n) is 5.17. The molecule has 0 aliphatic carbocycles. The first-order valence-corrected chi connectivity index (χ1v) is 8.32. The van der Waals surface area contributed by atoms with Gasteiger partial charge in [-0.15, -0.1) is 0 Å². The van der Waals surface area contributed by atoms with Gasteiger partial charge in [0.15, 0.2) is 0 Å². The monoisotopic (exact) mass is 351 g/mol. The number of benzene rings is 1. The number of amides is 1. The highest BCUT2D eigenvalue weighted by Gasteiger charge is 2.31. The molecule has 1 N–H and O–H groups in total. The second kappa shape index (κ2) is 6.66. The third-order valence-corrected chi connectivity index (χ3v) is 5.01. The molecule has 1 aliphatic heterocycles. The van der Waals surface area contributed by atoms with Crippen molar-refractivity contribution < 1.29 is 9.72 Å². The fraction of sp³-hybridized carbons (Fsp3) is 0.267. The predicted molar refractivity (Wildman–Crippen MR) is 89.1 cm³/mol. The van der Waals surface area contributed by atoms with Crippen molar-refractivity contribution in [3.63, 3.8) is 0 Å². The van der Waals surface area contributed by atoms with Crippen molar-refractivity contribution in [2.24, 2.45) is 0 Å². The fourth-order valence-corrected chi connectivity index (χ4v) is 3.63. The Kier molecular flexibility index (Phi) is 4.61. The van der Waals surface area contributed by atoms with Crippen LogP contribution in [-0.2, 0) is 0 Å². The molecular formula is C15H14ClN3O3S. The van der Waals surface area contributed by atoms with E-state index < -0.39 is 4.92 Å². The average Bonchev–Trinajstić information content (AvgIpc) is 3.05. The molecule has 23 heavy (non-hydrogen) atoms. The summed E-state index contributed by atoms with van der Waals surface area (Å²) in [7, 11) is 0. The van der Waals surface area contributed by atoms with E-state index in [9.17, 15) is 14.9 Å². The van der Waals surface area contributed by atoms with Crippen LogP contribution in [0, 0.1) is 10.1 Å². The summed E-state index contributed by atoms with van der Waals surface area (Å²) < 4.78 is 0. The number of thiophene rings is 1. The minimum absolute atomic E-state index is 0.0298. The third-order valence-electron chi connectivity index (χ3n) is 3.78. The van der Waals surface area contributed by atoms with Gasteiger partial charge in [-0.3, -0.25) is 14.9 Å². The number of carbonyl (C=O) groups excluding carboxylic acids is 1. The Morgan fingerprint density at radius 2 is 2.22 bits per heavy atom. The van der Waals surface area contributed by atoms with Crippen LogP contribution in [0.15, 0.2) is 35.7 Å². The van der Waals surface area contributed by atoms with Crippen molar-refractivity contribution in [3.8, 4) is 0 Å². The van der Waals surface area contributed by atoms with E-state index in [0.717, 1.165) is 16.9 Å². The summed E-state index contributed by atoms with van der Waals surface area (Å²) in [6.07, 6.45) is 0. The van der Waals surface area contributed by atoms with Crippen LogP contribution in [0.5, 0.6) is 0 Å². The number of carbonyl (C=O) groups is 1. The molecule has 1 aromatic heterocycles. The molecule has 2 heterocycles. The number of nitrogens with zero attached hydrogens (tertiary/aromatic N) is 2. The van der Waals surface area contributed by atoms with E-state index in [4.69, 9.17) is 11.6 Å². The number of rotatable bonds is 3. The van der Waals surface area contributed by atoms with Gasteiger partial charge in [0.1, 0.15) is 0 Å². The van der Waals surface area contributed by atoms with Gasteiger partial charge < -0.3 is 10.2 Å². The highest BCUT2D eigenvalue weighted by Crippen LogP contribution is 2.31. The zero-order chi connectivity index (χ0) is 16.4. The largest absolute Gasteiger partial charge is 0.329 e. The molecule has 6 nitrogen and oxygen atoms in total. The van der Waals surface area contributed by atoms with Crippen LogP contribution in [0.1, 0.15) is 22.0 Å². The second-order valence-corrected chi connectivity index (χ2v) is 6.47. The molecule has 1 amide bonds. The molecule has 1 aliphatic rings. The molecule has 1 saturated heterocycles. The Hall–Kier alpha value is -1.96. The molecule has 1 fully saturated rings. The molecule has 1 aromatic carbocycles. The Labute approximate surface area is 141 Å². The van der Waals surface area contributed by atoms with Gasteiger partial charge in [-0.2, -0.15) is 0 Å². The van der Waals surface area contributed by atoms with Crippen LogP contribution in [0.3, 0.4) is 0 Å². The highest BCUT2D eigenvalue weighted by atomic mass is 35.5. The van der Waals surface area contributed by atoms with E-state index in [0.29, 0.717) is 30.2 Å². The molecule has 0 saturated carbocycles. The van der Waals surface area contributed by atoms with Gasteiger partial charge >= 0.3 is 5.00 Å². The van der Waals surface area contributed by atoms with Crippen molar-refractivity contribution in [1.82, 2.24) is 10.2 Å². The van der Waals surface area contributed by atoms with Crippen LogP contribution in [0.2, 0.25) is 5.02 Å². The summed E-state index contributed by atoms with van der Waals surface area (Å²) in [5, 5.41) is 16.2. The fourth-order valence-electron chi connectivity index (χ4n) is 2.67. The number of nitro groups is 1. The van der Waals surface area contributed by atoms with Gasteiger partial charge in [-0.25, -0.2) is 0 Å². The lowest BCUT2D eigenvalue weighted by Crippen LogP contribution is -2.48. The quantitative estimate of drug-likeness (QED) is 0.681. The Bertz CT molecular complexity index is 749. The molecule has 1 atom stereocenters. The minimum Gasteiger partial charge on any atom is -0.329 e. The minimum atomic E-state index is -0.481. The summed E-state index contributed by atoms with van der Waals surface area (Å²) in [6, 6.07) is 8.56. The lowest BCUT2D eigenvalue weighted by Gasteiger charge is -2.36. The molecule has 0 radical (unpaired) electrons. The molecule has 1 unspecified atom stereocenters. The van der Waals surface area contributed by atoms with Crippen LogP contribution < -0.4 is 5.32 Å². The van der Waals surface area contributed by atoms with Gasteiger partial charge in [-0.05, 0) is 11.6 Å². The zero-order valence-electron chi connectivity index (χ0n) is 12.1. The van der Waals surface area contributed by atoms with Gasteiger partial charge in [0, 0.05) is 36.1 Å². The van der Waals surface area contributed by atoms with Crippen molar-refractivity contribution in [1.29, 1.82) is 0 Å². The van der Waals surface area contributed by atoms with Crippen molar-refractivity contribution >= 4 is 33.8 Å². The molecule has 2 aromatic rings. The molecular weight excluding hydrogens is 338 g/mol. The number of piperazine rings is 1. The number of halogens is 1. The van der Waals surface area contributed by atoms with E-state index in [1.54, 1.807) is 11.0 Å². The predicted octanol–water partition coefficient (Wildman–Crippen LogP) is 3.10. The summed E-state index contributed by atoms with van der Waals surface area (Å²) in [5.41, 5.74) is 1.22. The standard InChI is InChI=1S/C15H14ClN3O3S/c16-12-4-2-1-3-11(12)13-8-17-5-6-18(13)15(20)10-7-14(19(21)22)23-9-10/h1-4,7,9,13,17H,5-6,8H2. The molecule has 0 bridgehead atoms. The number of hydrogen-bond donors (Lipinski definition) is 1. The highest BCUT2D eigenvalue weighted by molar-refractivity contribution is 7.13. The summed E-state index contributed by atoms with van der Waals surface area (Å²) in [6.45, 7) is 1.80. The lowest BCUT2D eigenvalue weighted by molar-refractivity contribution is -0.380. The maximum absolute atomic E-state index is 12.8. The number of hydrogen-bond acceptors (Lipinski definition) is 5. The van der Waals surface area contributed by atoms with Crippen LogP contribution in [-0.4, -0.2) is 35.4 Å². The van der Waals surface area contributed by atoms with E-state index >= 15 is 0 Å². The van der Waals surface area contributed by atoms with E-state index in [2.05, 4.69) is 5.32 Å². The average molecular weight is 352 g/mol. The van der Waals surface area contributed by atoms with Crippen molar-refractivity contribution in [2.75, 3.05) is 19.6 Å². The topological polar surface area (TPSA) is 75.5 Å². The summed E-state index contributed by atoms with van der Waals surface area (Å²) >= 11 is 7.23. The number of nitrogens with one attached hydrogen (secondary N) is 1. The maximum atomic E-state index is 12.8. The first kappa shape index (κ1) is 15.9. The van der Waals surface area contributed by atoms with Crippen LogP contribution in [0.25, 0.3) is 0 Å². The summed E-state index contributed by atoms with van der Waals surface area (Å²) in [5.74, 6) is -0.208. The van der Waals surface area contributed by atoms with E-state index in [1.165, 1.54) is 11.4 Å².